The molecule has 0 amide bonds. The van der Waals surface area contributed by atoms with Crippen molar-refractivity contribution in [3.05, 3.63) is 97.2 Å². The topological polar surface area (TPSA) is 134 Å². The predicted octanol–water partition coefficient (Wildman–Crippen LogP) is 15.7. The normalized spacial score (nSPS) is 14.0. The Kier molecular flexibility index (Phi) is 48.0. The Bertz CT molecular complexity index is 1380. The largest absolute Gasteiger partial charge is 0.472 e. The van der Waals surface area contributed by atoms with Crippen molar-refractivity contribution in [1.29, 1.82) is 0 Å². The van der Waals surface area contributed by atoms with E-state index in [9.17, 15) is 19.0 Å². The van der Waals surface area contributed by atoms with E-state index in [1.807, 2.05) is 6.08 Å². The maximum absolute atomic E-state index is 12.6. The lowest BCUT2D eigenvalue weighted by molar-refractivity contribution is -0.161. The van der Waals surface area contributed by atoms with Gasteiger partial charge in [0.05, 0.1) is 13.2 Å². The van der Waals surface area contributed by atoms with Gasteiger partial charge in [0.2, 0.25) is 0 Å². The summed E-state index contributed by atoms with van der Waals surface area (Å²) in [6, 6.07) is 0. The van der Waals surface area contributed by atoms with Gasteiger partial charge in [-0.25, -0.2) is 4.57 Å². The Balaban J connectivity index is 4.09. The quantitative estimate of drug-likeness (QED) is 0.0265. The van der Waals surface area contributed by atoms with Gasteiger partial charge in [-0.1, -0.05) is 201 Å². The SMILES string of the molecule is CC/C=C\C/C=C\C/C=C\C/C=C\C/C=C\CCCC(=O)OC(COC(=O)CCCCCCCCCCCCCC/C=C\C/C=C\C/C=C\CCCCCCC)COP(=O)(O)OCCN. The number of hydrogen-bond acceptors (Lipinski definition) is 8. The number of rotatable bonds is 47. The molecule has 0 bridgehead atoms. The first-order valence-corrected chi connectivity index (χ1v) is 27.2. The van der Waals surface area contributed by atoms with Gasteiger partial charge in [0.15, 0.2) is 6.10 Å². The number of ether oxygens (including phenoxy) is 2. The molecule has 0 aromatic heterocycles. The van der Waals surface area contributed by atoms with Crippen LogP contribution in [0.1, 0.15) is 206 Å². The van der Waals surface area contributed by atoms with Crippen molar-refractivity contribution in [3.63, 3.8) is 0 Å². The Labute approximate surface area is 397 Å². The van der Waals surface area contributed by atoms with Gasteiger partial charge in [0.1, 0.15) is 6.61 Å². The second kappa shape index (κ2) is 50.3. The van der Waals surface area contributed by atoms with Gasteiger partial charge in [-0.2, -0.15) is 0 Å². The van der Waals surface area contributed by atoms with E-state index in [0.29, 0.717) is 12.8 Å². The summed E-state index contributed by atoms with van der Waals surface area (Å²) in [6.07, 6.45) is 66.0. The molecule has 65 heavy (non-hydrogen) atoms. The number of allylic oxidation sites excluding steroid dienone is 16. The second-order valence-corrected chi connectivity index (χ2v) is 18.1. The van der Waals surface area contributed by atoms with E-state index in [1.165, 1.54) is 96.3 Å². The van der Waals surface area contributed by atoms with Crippen molar-refractivity contribution >= 4 is 19.8 Å². The molecular weight excluding hydrogens is 834 g/mol. The minimum absolute atomic E-state index is 0.0394. The number of carbonyl (C=O) groups excluding carboxylic acids is 2. The third-order valence-corrected chi connectivity index (χ3v) is 11.4. The maximum atomic E-state index is 12.6. The maximum Gasteiger partial charge on any atom is 0.472 e. The average molecular weight is 928 g/mol. The fraction of sp³-hybridized carbons (Fsp3) is 0.673. The van der Waals surface area contributed by atoms with E-state index in [0.717, 1.165) is 70.6 Å². The third kappa shape index (κ3) is 50.2. The molecule has 0 saturated heterocycles. The second-order valence-electron chi connectivity index (χ2n) is 16.7. The molecule has 2 atom stereocenters. The Morgan fingerprint density at radius 1 is 0.477 bits per heavy atom. The first kappa shape index (κ1) is 61.9. The highest BCUT2D eigenvalue weighted by Crippen LogP contribution is 2.43. The van der Waals surface area contributed by atoms with Crippen LogP contribution in [0.3, 0.4) is 0 Å². The Morgan fingerprint density at radius 3 is 1.31 bits per heavy atom. The molecule has 372 valence electrons. The molecule has 0 spiro atoms. The number of phosphoric acid groups is 1. The fourth-order valence-corrected chi connectivity index (χ4v) is 7.44. The van der Waals surface area contributed by atoms with Crippen LogP contribution in [0.25, 0.3) is 0 Å². The number of unbranched alkanes of at least 4 members (excludes halogenated alkanes) is 18. The molecule has 0 radical (unpaired) electrons. The average Bonchev–Trinajstić information content (AvgIpc) is 3.30. The summed E-state index contributed by atoms with van der Waals surface area (Å²) >= 11 is 0. The minimum atomic E-state index is -4.40. The number of phosphoric ester groups is 1. The van der Waals surface area contributed by atoms with Crippen LogP contribution in [0.5, 0.6) is 0 Å². The van der Waals surface area contributed by atoms with E-state index < -0.39 is 32.5 Å². The molecule has 0 rings (SSSR count). The van der Waals surface area contributed by atoms with Gasteiger partial charge < -0.3 is 20.1 Å². The molecule has 10 heteroatoms. The van der Waals surface area contributed by atoms with E-state index in [2.05, 4.69) is 105 Å². The van der Waals surface area contributed by atoms with Crippen LogP contribution in [0, 0.1) is 0 Å². The molecule has 9 nitrogen and oxygen atoms in total. The van der Waals surface area contributed by atoms with Gasteiger partial charge in [0, 0.05) is 19.4 Å². The number of esters is 2. The molecule has 2 unspecified atom stereocenters. The van der Waals surface area contributed by atoms with Gasteiger partial charge in [-0.3, -0.25) is 18.6 Å². The van der Waals surface area contributed by atoms with Crippen molar-refractivity contribution in [1.82, 2.24) is 0 Å². The monoisotopic (exact) mass is 928 g/mol. The molecule has 0 fully saturated rings. The zero-order chi connectivity index (χ0) is 47.4. The van der Waals surface area contributed by atoms with Crippen LogP contribution in [0.2, 0.25) is 0 Å². The van der Waals surface area contributed by atoms with Crippen LogP contribution in [-0.4, -0.2) is 49.3 Å². The van der Waals surface area contributed by atoms with Gasteiger partial charge >= 0.3 is 19.8 Å². The van der Waals surface area contributed by atoms with Crippen molar-refractivity contribution in [2.45, 2.75) is 213 Å². The molecule has 0 aliphatic carbocycles. The molecule has 0 aromatic rings. The molecule has 0 aliphatic rings. The summed E-state index contributed by atoms with van der Waals surface area (Å²) in [4.78, 5) is 35.0. The summed E-state index contributed by atoms with van der Waals surface area (Å²) in [5, 5.41) is 0. The van der Waals surface area contributed by atoms with Crippen molar-refractivity contribution in [3.8, 4) is 0 Å². The Hall–Kier alpha value is -3.07. The van der Waals surface area contributed by atoms with Crippen LogP contribution in [-0.2, 0) is 32.7 Å². The zero-order valence-corrected chi connectivity index (χ0v) is 42.1. The molecule has 0 heterocycles. The summed E-state index contributed by atoms with van der Waals surface area (Å²) in [6.45, 7) is 3.54. The number of carbonyl (C=O) groups is 2. The molecule has 3 N–H and O–H groups in total. The lowest BCUT2D eigenvalue weighted by atomic mass is 10.0. The van der Waals surface area contributed by atoms with Crippen molar-refractivity contribution in [2.24, 2.45) is 5.73 Å². The van der Waals surface area contributed by atoms with E-state index in [1.54, 1.807) is 0 Å². The lowest BCUT2D eigenvalue weighted by Gasteiger charge is -2.19. The minimum Gasteiger partial charge on any atom is -0.462 e. The predicted molar refractivity (Wildman–Crippen MR) is 275 cm³/mol. The molecule has 0 aliphatic heterocycles. The lowest BCUT2D eigenvalue weighted by Crippen LogP contribution is -2.29. The molecular formula is C55H94NO8P. The summed E-state index contributed by atoms with van der Waals surface area (Å²) < 4.78 is 32.8. The first-order valence-electron chi connectivity index (χ1n) is 25.7. The van der Waals surface area contributed by atoms with E-state index in [4.69, 9.17) is 24.3 Å². The van der Waals surface area contributed by atoms with Crippen molar-refractivity contribution in [2.75, 3.05) is 26.4 Å². The summed E-state index contributed by atoms with van der Waals surface area (Å²) in [5.74, 6) is -0.903. The van der Waals surface area contributed by atoms with Crippen LogP contribution >= 0.6 is 7.82 Å². The zero-order valence-electron chi connectivity index (χ0n) is 41.2. The van der Waals surface area contributed by atoms with Gasteiger partial charge in [-0.15, -0.1) is 0 Å². The first-order chi connectivity index (χ1) is 31.8. The highest BCUT2D eigenvalue weighted by molar-refractivity contribution is 7.47. The van der Waals surface area contributed by atoms with Crippen LogP contribution in [0.4, 0.5) is 0 Å². The summed E-state index contributed by atoms with van der Waals surface area (Å²) in [5.41, 5.74) is 5.36. The van der Waals surface area contributed by atoms with Crippen LogP contribution in [0.15, 0.2) is 97.2 Å². The number of hydrogen-bond donors (Lipinski definition) is 2. The Morgan fingerprint density at radius 2 is 0.862 bits per heavy atom. The third-order valence-electron chi connectivity index (χ3n) is 10.5. The van der Waals surface area contributed by atoms with Gasteiger partial charge in [0.25, 0.3) is 0 Å². The molecule has 0 saturated carbocycles. The molecule has 0 aromatic carbocycles. The van der Waals surface area contributed by atoms with Gasteiger partial charge in [-0.05, 0) is 89.9 Å². The van der Waals surface area contributed by atoms with E-state index >= 15 is 0 Å². The van der Waals surface area contributed by atoms with Crippen LogP contribution < -0.4 is 5.73 Å². The smallest absolute Gasteiger partial charge is 0.462 e. The highest BCUT2D eigenvalue weighted by Gasteiger charge is 2.26. The highest BCUT2D eigenvalue weighted by atomic mass is 31.2. The fourth-order valence-electron chi connectivity index (χ4n) is 6.68. The standard InChI is InChI=1S/C55H94NO8P/c1-3-5-7-9-11-13-15-17-19-21-22-23-24-25-26-27-28-29-30-32-33-35-37-39-41-43-45-47-54(57)61-51-53(52-63-65(59,60)62-50-49-56)64-55(58)48-46-44-42-40-38-36-34-31-20-18-16-14-12-10-8-6-4-2/h6,8,12,14-15,17-18,20-22,24-25,34,36,40,42,53H,3-5,7,9-11,13,16,19,23,26-33,35,37-39,41,43-52,56H2,1-2H3,(H,59,60)/b8-6-,14-12-,17-15-,20-18-,22-21-,25-24-,36-34-,42-40-. The summed E-state index contributed by atoms with van der Waals surface area (Å²) in [7, 11) is -4.40. The van der Waals surface area contributed by atoms with E-state index in [-0.39, 0.29) is 32.6 Å². The van der Waals surface area contributed by atoms with Crippen molar-refractivity contribution < 1.29 is 37.6 Å². The number of nitrogens with two attached hydrogens (primary N) is 1.